The monoisotopic (exact) mass is 223 g/mol. The van der Waals surface area contributed by atoms with Crippen LogP contribution in [-0.4, -0.2) is 25.8 Å². The third kappa shape index (κ3) is 2.21. The second kappa shape index (κ2) is 3.82. The third-order valence-corrected chi connectivity index (χ3v) is 2.76. The average Bonchev–Trinajstić information content (AvgIpc) is 2.76. The number of nitrogens with zero attached hydrogens (tertiary/aromatic N) is 3. The predicted octanol–water partition coefficient (Wildman–Crippen LogP) is 1.39. The first kappa shape index (κ1) is 9.85. The van der Waals surface area contributed by atoms with E-state index < -0.39 is 5.97 Å². The van der Waals surface area contributed by atoms with Crippen LogP contribution in [0.1, 0.15) is 20.2 Å². The van der Waals surface area contributed by atoms with Crippen molar-refractivity contribution in [1.82, 2.24) is 14.8 Å². The molecular weight excluding hydrogens is 214 g/mol. The van der Waals surface area contributed by atoms with Gasteiger partial charge in [0.05, 0.1) is 23.3 Å². The Labute approximate surface area is 90.0 Å². The van der Waals surface area contributed by atoms with Crippen LogP contribution in [0.15, 0.2) is 18.6 Å². The van der Waals surface area contributed by atoms with Crippen molar-refractivity contribution in [2.45, 2.75) is 13.5 Å². The molecule has 0 unspecified atom stereocenters. The number of rotatable bonds is 3. The van der Waals surface area contributed by atoms with Crippen LogP contribution >= 0.6 is 11.3 Å². The van der Waals surface area contributed by atoms with Gasteiger partial charge in [0.2, 0.25) is 0 Å². The molecule has 0 aliphatic rings. The molecule has 5 nitrogen and oxygen atoms in total. The maximum atomic E-state index is 10.6. The third-order valence-electron chi connectivity index (χ3n) is 1.87. The SMILES string of the molecule is Cc1ncc(Cn2cc(C(=O)O)cn2)s1. The Balaban J connectivity index is 2.14. The Morgan fingerprint density at radius 1 is 1.60 bits per heavy atom. The topological polar surface area (TPSA) is 68.0 Å². The van der Waals surface area contributed by atoms with Crippen LogP contribution in [0.2, 0.25) is 0 Å². The highest BCUT2D eigenvalue weighted by Crippen LogP contribution is 2.12. The highest BCUT2D eigenvalue weighted by Gasteiger charge is 2.06. The van der Waals surface area contributed by atoms with Crippen LogP contribution in [0, 0.1) is 6.92 Å². The molecule has 0 aliphatic heterocycles. The number of carboxylic acids is 1. The van der Waals surface area contributed by atoms with Gasteiger partial charge in [-0.05, 0) is 6.92 Å². The van der Waals surface area contributed by atoms with E-state index in [-0.39, 0.29) is 5.56 Å². The highest BCUT2D eigenvalue weighted by molar-refractivity contribution is 7.11. The molecule has 0 saturated carbocycles. The fourth-order valence-electron chi connectivity index (χ4n) is 1.20. The van der Waals surface area contributed by atoms with Crippen LogP contribution in [-0.2, 0) is 6.54 Å². The van der Waals surface area contributed by atoms with Crippen LogP contribution in [0.3, 0.4) is 0 Å². The molecule has 2 aromatic heterocycles. The van der Waals surface area contributed by atoms with Crippen molar-refractivity contribution in [2.24, 2.45) is 0 Å². The molecule has 0 bridgehead atoms. The van der Waals surface area contributed by atoms with Gasteiger partial charge in [0.1, 0.15) is 0 Å². The number of carboxylic acid groups (broad SMARTS) is 1. The number of hydrogen-bond acceptors (Lipinski definition) is 4. The summed E-state index contributed by atoms with van der Waals surface area (Å²) < 4.78 is 1.59. The summed E-state index contributed by atoms with van der Waals surface area (Å²) in [5.41, 5.74) is 0.205. The molecule has 0 atom stereocenters. The molecule has 0 spiro atoms. The summed E-state index contributed by atoms with van der Waals surface area (Å²) in [7, 11) is 0. The summed E-state index contributed by atoms with van der Waals surface area (Å²) in [4.78, 5) is 15.8. The second-order valence-corrected chi connectivity index (χ2v) is 4.40. The zero-order valence-electron chi connectivity index (χ0n) is 8.04. The summed E-state index contributed by atoms with van der Waals surface area (Å²) in [5, 5.41) is 13.7. The lowest BCUT2D eigenvalue weighted by Gasteiger charge is -1.95. The first-order chi connectivity index (χ1) is 7.15. The van der Waals surface area contributed by atoms with E-state index in [1.807, 2.05) is 6.92 Å². The second-order valence-electron chi connectivity index (χ2n) is 3.08. The number of thiazole rings is 1. The van der Waals surface area contributed by atoms with E-state index in [9.17, 15) is 4.79 Å². The summed E-state index contributed by atoms with van der Waals surface area (Å²) in [6.45, 7) is 2.50. The Morgan fingerprint density at radius 2 is 2.40 bits per heavy atom. The van der Waals surface area contributed by atoms with Gasteiger partial charge in [-0.15, -0.1) is 11.3 Å². The maximum absolute atomic E-state index is 10.6. The fourth-order valence-corrected chi connectivity index (χ4v) is 1.99. The minimum Gasteiger partial charge on any atom is -0.478 e. The number of carbonyl (C=O) groups is 1. The molecule has 2 rings (SSSR count). The van der Waals surface area contributed by atoms with E-state index >= 15 is 0 Å². The molecule has 1 N–H and O–H groups in total. The number of aryl methyl sites for hydroxylation is 1. The van der Waals surface area contributed by atoms with Gasteiger partial charge in [-0.1, -0.05) is 0 Å². The van der Waals surface area contributed by atoms with E-state index in [4.69, 9.17) is 5.11 Å². The van der Waals surface area contributed by atoms with E-state index in [0.717, 1.165) is 9.88 Å². The minimum atomic E-state index is -0.957. The van der Waals surface area contributed by atoms with Crippen molar-refractivity contribution >= 4 is 17.3 Å². The molecule has 0 saturated heterocycles. The molecule has 0 radical (unpaired) electrons. The smallest absolute Gasteiger partial charge is 0.338 e. The van der Waals surface area contributed by atoms with E-state index in [1.54, 1.807) is 22.2 Å². The lowest BCUT2D eigenvalue weighted by atomic mass is 10.4. The van der Waals surface area contributed by atoms with Crippen molar-refractivity contribution in [2.75, 3.05) is 0 Å². The Kier molecular flexibility index (Phi) is 2.51. The van der Waals surface area contributed by atoms with Gasteiger partial charge >= 0.3 is 5.97 Å². The van der Waals surface area contributed by atoms with Gasteiger partial charge < -0.3 is 5.11 Å². The lowest BCUT2D eigenvalue weighted by molar-refractivity contribution is 0.0697. The summed E-state index contributed by atoms with van der Waals surface area (Å²) in [5.74, 6) is -0.957. The van der Waals surface area contributed by atoms with Crippen molar-refractivity contribution < 1.29 is 9.90 Å². The average molecular weight is 223 g/mol. The summed E-state index contributed by atoms with van der Waals surface area (Å²) in [6.07, 6.45) is 4.63. The standard InChI is InChI=1S/C9H9N3O2S/c1-6-10-3-8(15-6)5-12-4-7(2-11-12)9(13)14/h2-4H,5H2,1H3,(H,13,14). The lowest BCUT2D eigenvalue weighted by Crippen LogP contribution is -1.98. The minimum absolute atomic E-state index is 0.205. The summed E-state index contributed by atoms with van der Waals surface area (Å²) in [6, 6.07) is 0. The van der Waals surface area contributed by atoms with Gasteiger partial charge in [0.25, 0.3) is 0 Å². The molecule has 2 aromatic rings. The number of hydrogen-bond donors (Lipinski definition) is 1. The fraction of sp³-hybridized carbons (Fsp3) is 0.222. The van der Waals surface area contributed by atoms with Crippen LogP contribution in [0.25, 0.3) is 0 Å². The van der Waals surface area contributed by atoms with Gasteiger partial charge in [-0.2, -0.15) is 5.10 Å². The zero-order chi connectivity index (χ0) is 10.8. The van der Waals surface area contributed by atoms with E-state index in [2.05, 4.69) is 10.1 Å². The van der Waals surface area contributed by atoms with E-state index in [1.165, 1.54) is 12.4 Å². The Bertz CT molecular complexity index is 489. The van der Waals surface area contributed by atoms with Crippen LogP contribution < -0.4 is 0 Å². The maximum Gasteiger partial charge on any atom is 0.338 e. The normalized spacial score (nSPS) is 10.5. The van der Waals surface area contributed by atoms with Crippen LogP contribution in [0.5, 0.6) is 0 Å². The molecule has 6 heteroatoms. The van der Waals surface area contributed by atoms with Crippen molar-refractivity contribution in [3.05, 3.63) is 34.0 Å². The van der Waals surface area contributed by atoms with Gasteiger partial charge in [0.15, 0.2) is 0 Å². The largest absolute Gasteiger partial charge is 0.478 e. The number of aromatic carboxylic acids is 1. The quantitative estimate of drug-likeness (QED) is 0.853. The zero-order valence-corrected chi connectivity index (χ0v) is 8.86. The first-order valence-corrected chi connectivity index (χ1v) is 5.14. The van der Waals surface area contributed by atoms with Crippen molar-refractivity contribution in [3.8, 4) is 0 Å². The molecule has 0 amide bonds. The Morgan fingerprint density at radius 3 is 2.93 bits per heavy atom. The molecule has 0 fully saturated rings. The predicted molar refractivity (Wildman–Crippen MR) is 55.1 cm³/mol. The molecule has 0 aliphatic carbocycles. The van der Waals surface area contributed by atoms with Gasteiger partial charge in [-0.25, -0.2) is 9.78 Å². The molecule has 2 heterocycles. The Hall–Kier alpha value is -1.69. The van der Waals surface area contributed by atoms with Crippen LogP contribution in [0.4, 0.5) is 0 Å². The highest BCUT2D eigenvalue weighted by atomic mass is 32.1. The van der Waals surface area contributed by atoms with Gasteiger partial charge in [0, 0.05) is 17.3 Å². The van der Waals surface area contributed by atoms with Crippen molar-refractivity contribution in [3.63, 3.8) is 0 Å². The first-order valence-electron chi connectivity index (χ1n) is 4.32. The summed E-state index contributed by atoms with van der Waals surface area (Å²) >= 11 is 1.58. The molecule has 78 valence electrons. The van der Waals surface area contributed by atoms with Gasteiger partial charge in [-0.3, -0.25) is 4.68 Å². The molecular formula is C9H9N3O2S. The number of aromatic nitrogens is 3. The van der Waals surface area contributed by atoms with E-state index in [0.29, 0.717) is 6.54 Å². The van der Waals surface area contributed by atoms with Crippen molar-refractivity contribution in [1.29, 1.82) is 0 Å². The molecule has 0 aromatic carbocycles. The molecule has 15 heavy (non-hydrogen) atoms.